The van der Waals surface area contributed by atoms with Crippen molar-refractivity contribution in [2.75, 3.05) is 12.8 Å². The van der Waals surface area contributed by atoms with Crippen LogP contribution in [0.2, 0.25) is 0 Å². The van der Waals surface area contributed by atoms with Crippen LogP contribution in [-0.4, -0.2) is 22.3 Å². The number of unbranched alkanes of at least 4 members (excludes halogenated alkanes) is 1. The van der Waals surface area contributed by atoms with E-state index in [4.69, 9.17) is 0 Å². The van der Waals surface area contributed by atoms with E-state index in [1.54, 1.807) is 0 Å². The van der Waals surface area contributed by atoms with Crippen molar-refractivity contribution < 1.29 is 4.21 Å². The van der Waals surface area contributed by atoms with Crippen LogP contribution in [0.4, 0.5) is 0 Å². The fourth-order valence-electron chi connectivity index (χ4n) is 2.07. The summed E-state index contributed by atoms with van der Waals surface area (Å²) in [6.45, 7) is 6.30. The molecule has 0 bridgehead atoms. The van der Waals surface area contributed by atoms with Gasteiger partial charge in [0.25, 0.3) is 0 Å². The van der Waals surface area contributed by atoms with Crippen LogP contribution < -0.4 is 5.32 Å². The van der Waals surface area contributed by atoms with E-state index >= 15 is 0 Å². The van der Waals surface area contributed by atoms with E-state index < -0.39 is 10.8 Å². The van der Waals surface area contributed by atoms with Gasteiger partial charge >= 0.3 is 0 Å². The molecular formula is C15H25NOS. The Kier molecular flexibility index (Phi) is 6.58. The predicted octanol–water partition coefficient (Wildman–Crippen LogP) is 3.19. The van der Waals surface area contributed by atoms with Crippen molar-refractivity contribution in [3.8, 4) is 0 Å². The minimum atomic E-state index is -0.763. The Balaban J connectivity index is 2.76. The molecule has 0 fully saturated rings. The summed E-state index contributed by atoms with van der Waals surface area (Å²) in [6.07, 6.45) is 2.15. The summed E-state index contributed by atoms with van der Waals surface area (Å²) in [6, 6.07) is 8.65. The van der Waals surface area contributed by atoms with Gasteiger partial charge in [-0.1, -0.05) is 43.2 Å². The van der Waals surface area contributed by atoms with Crippen molar-refractivity contribution in [1.82, 2.24) is 5.32 Å². The molecule has 1 rings (SSSR count). The summed E-state index contributed by atoms with van der Waals surface area (Å²) in [5, 5.41) is 3.44. The number of rotatable bonds is 7. The van der Waals surface area contributed by atoms with Crippen molar-refractivity contribution in [2.24, 2.45) is 0 Å². The molecule has 0 aliphatic heterocycles. The standard InChI is InChI=1S/C15H25NOS/c1-5-6-11-18(17)13(3)15(16-4)14-9-7-12(2)8-10-14/h7-10,13,15-16H,5-6,11H2,1-4H3. The molecule has 0 saturated heterocycles. The minimum Gasteiger partial charge on any atom is -0.312 e. The molecule has 0 spiro atoms. The largest absolute Gasteiger partial charge is 0.312 e. The van der Waals surface area contributed by atoms with Gasteiger partial charge in [-0.15, -0.1) is 0 Å². The molecule has 0 aliphatic rings. The van der Waals surface area contributed by atoms with Crippen molar-refractivity contribution in [3.63, 3.8) is 0 Å². The molecular weight excluding hydrogens is 242 g/mol. The fourth-order valence-corrected chi connectivity index (χ4v) is 3.61. The number of benzene rings is 1. The molecule has 0 saturated carbocycles. The first-order valence-electron chi connectivity index (χ1n) is 6.71. The van der Waals surface area contributed by atoms with Gasteiger partial charge in [0.2, 0.25) is 0 Å². The Hall–Kier alpha value is -0.670. The lowest BCUT2D eigenvalue weighted by atomic mass is 10.0. The molecule has 1 aromatic carbocycles. The molecule has 102 valence electrons. The van der Waals surface area contributed by atoms with E-state index in [0.717, 1.165) is 18.6 Å². The molecule has 1 N–H and O–H groups in total. The van der Waals surface area contributed by atoms with Gasteiger partial charge in [-0.25, -0.2) is 0 Å². The second-order valence-electron chi connectivity index (χ2n) is 4.82. The molecule has 18 heavy (non-hydrogen) atoms. The van der Waals surface area contributed by atoms with Crippen molar-refractivity contribution >= 4 is 10.8 Å². The lowest BCUT2D eigenvalue weighted by Gasteiger charge is -2.23. The Morgan fingerprint density at radius 2 is 1.89 bits per heavy atom. The van der Waals surface area contributed by atoms with Crippen LogP contribution in [0.5, 0.6) is 0 Å². The van der Waals surface area contributed by atoms with Crippen LogP contribution in [0.25, 0.3) is 0 Å². The monoisotopic (exact) mass is 267 g/mol. The van der Waals surface area contributed by atoms with Crippen LogP contribution in [-0.2, 0) is 10.8 Å². The van der Waals surface area contributed by atoms with Crippen LogP contribution in [0.3, 0.4) is 0 Å². The molecule has 1 aromatic rings. The summed E-state index contributed by atoms with van der Waals surface area (Å²) in [5.41, 5.74) is 2.48. The third-order valence-corrected chi connectivity index (χ3v) is 5.12. The van der Waals surface area contributed by atoms with Gasteiger partial charge in [0.1, 0.15) is 0 Å². The highest BCUT2D eigenvalue weighted by molar-refractivity contribution is 7.85. The predicted molar refractivity (Wildman–Crippen MR) is 80.4 cm³/mol. The van der Waals surface area contributed by atoms with Crippen molar-refractivity contribution in [2.45, 2.75) is 44.9 Å². The van der Waals surface area contributed by atoms with Crippen molar-refractivity contribution in [1.29, 1.82) is 0 Å². The van der Waals surface area contributed by atoms with E-state index in [2.05, 4.69) is 50.4 Å². The SMILES string of the molecule is CCCCS(=O)C(C)C(NC)c1ccc(C)cc1. The minimum absolute atomic E-state index is 0.143. The summed E-state index contributed by atoms with van der Waals surface area (Å²) in [5.74, 6) is 0.807. The summed E-state index contributed by atoms with van der Waals surface area (Å²) in [4.78, 5) is 0. The molecule has 0 aromatic heterocycles. The topological polar surface area (TPSA) is 29.1 Å². The van der Waals surface area contributed by atoms with Crippen LogP contribution in [0, 0.1) is 6.92 Å². The van der Waals surface area contributed by atoms with E-state index in [-0.39, 0.29) is 11.3 Å². The van der Waals surface area contributed by atoms with Gasteiger partial charge in [-0.2, -0.15) is 0 Å². The highest BCUT2D eigenvalue weighted by atomic mass is 32.2. The van der Waals surface area contributed by atoms with Crippen molar-refractivity contribution in [3.05, 3.63) is 35.4 Å². The van der Waals surface area contributed by atoms with Gasteiger partial charge in [0.15, 0.2) is 0 Å². The third-order valence-electron chi connectivity index (χ3n) is 3.33. The average molecular weight is 267 g/mol. The summed E-state index contributed by atoms with van der Waals surface area (Å²) >= 11 is 0. The Morgan fingerprint density at radius 1 is 1.28 bits per heavy atom. The Morgan fingerprint density at radius 3 is 2.39 bits per heavy atom. The zero-order valence-corrected chi connectivity index (χ0v) is 12.7. The highest BCUT2D eigenvalue weighted by Gasteiger charge is 2.22. The molecule has 2 nitrogen and oxygen atoms in total. The van der Waals surface area contributed by atoms with Crippen LogP contribution in [0.1, 0.15) is 43.9 Å². The van der Waals surface area contributed by atoms with Gasteiger partial charge in [-0.05, 0) is 32.9 Å². The average Bonchev–Trinajstić information content (AvgIpc) is 2.38. The maximum atomic E-state index is 12.2. The maximum absolute atomic E-state index is 12.2. The number of hydrogen-bond donors (Lipinski definition) is 1. The molecule has 0 heterocycles. The zero-order valence-electron chi connectivity index (χ0n) is 11.9. The third kappa shape index (κ3) is 4.21. The molecule has 3 heteroatoms. The first-order chi connectivity index (χ1) is 8.60. The highest BCUT2D eigenvalue weighted by Crippen LogP contribution is 2.21. The number of nitrogens with one attached hydrogen (secondary N) is 1. The first kappa shape index (κ1) is 15.4. The lowest BCUT2D eigenvalue weighted by Crippen LogP contribution is -2.31. The Bertz CT molecular complexity index is 375. The van der Waals surface area contributed by atoms with E-state index in [0.29, 0.717) is 0 Å². The maximum Gasteiger partial charge on any atom is 0.0514 e. The van der Waals surface area contributed by atoms with Gasteiger partial charge < -0.3 is 5.32 Å². The molecule has 0 radical (unpaired) electrons. The summed E-state index contributed by atoms with van der Waals surface area (Å²) in [7, 11) is 1.18. The van der Waals surface area contributed by atoms with E-state index in [9.17, 15) is 4.21 Å². The van der Waals surface area contributed by atoms with Crippen LogP contribution in [0.15, 0.2) is 24.3 Å². The zero-order chi connectivity index (χ0) is 13.5. The quantitative estimate of drug-likeness (QED) is 0.822. The molecule has 0 amide bonds. The second-order valence-corrected chi connectivity index (χ2v) is 6.73. The summed E-state index contributed by atoms with van der Waals surface area (Å²) < 4.78 is 12.2. The fraction of sp³-hybridized carbons (Fsp3) is 0.600. The van der Waals surface area contributed by atoms with Crippen LogP contribution >= 0.6 is 0 Å². The number of aryl methyl sites for hydroxylation is 1. The van der Waals surface area contributed by atoms with Gasteiger partial charge in [-0.3, -0.25) is 4.21 Å². The molecule has 3 unspecified atom stereocenters. The smallest absolute Gasteiger partial charge is 0.0514 e. The normalized spacial score (nSPS) is 16.2. The second kappa shape index (κ2) is 7.70. The van der Waals surface area contributed by atoms with Gasteiger partial charge in [0, 0.05) is 22.6 Å². The van der Waals surface area contributed by atoms with Gasteiger partial charge in [0.05, 0.1) is 5.25 Å². The molecule has 0 aliphatic carbocycles. The first-order valence-corrected chi connectivity index (χ1v) is 8.09. The van der Waals surface area contributed by atoms with E-state index in [1.165, 1.54) is 11.1 Å². The number of hydrogen-bond acceptors (Lipinski definition) is 2. The molecule has 3 atom stereocenters. The van der Waals surface area contributed by atoms with E-state index in [1.807, 2.05) is 7.05 Å². The lowest BCUT2D eigenvalue weighted by molar-refractivity contribution is 0.569. The Labute approximate surface area is 114 Å².